The van der Waals surface area contributed by atoms with Gasteiger partial charge in [-0.1, -0.05) is 30.4 Å². The Morgan fingerprint density at radius 3 is 2.49 bits per heavy atom. The number of aliphatic carboxylic acids is 1. The molecule has 1 saturated heterocycles. The van der Waals surface area contributed by atoms with E-state index < -0.39 is 27.7 Å². The first-order valence-electron chi connectivity index (χ1n) is 13.0. The van der Waals surface area contributed by atoms with Crippen molar-refractivity contribution in [1.29, 1.82) is 10.8 Å². The number of anilines is 1. The number of carboxylic acid groups (broad SMARTS) is 1. The van der Waals surface area contributed by atoms with Crippen LogP contribution in [0.4, 0.5) is 5.69 Å². The summed E-state index contributed by atoms with van der Waals surface area (Å²) in [5, 5.41) is 24.7. The lowest BCUT2D eigenvalue weighted by molar-refractivity contribution is -0.134. The molecule has 3 rings (SSSR count). The first-order valence-corrected chi connectivity index (χ1v) is 14.6. The topological polar surface area (TPSA) is 187 Å². The molecule has 0 unspecified atom stereocenters. The van der Waals surface area contributed by atoms with Crippen LogP contribution in [-0.2, 0) is 19.6 Å². The number of nitrogens with one attached hydrogen (secondary N) is 2. The molecule has 2 aromatic rings. The fraction of sp³-hybridized carbons (Fsp3) is 0.357. The van der Waals surface area contributed by atoms with Gasteiger partial charge in [0.05, 0.1) is 24.7 Å². The van der Waals surface area contributed by atoms with E-state index in [9.17, 15) is 23.1 Å². The van der Waals surface area contributed by atoms with Crippen LogP contribution in [0.3, 0.4) is 0 Å². The first-order chi connectivity index (χ1) is 19.4. The van der Waals surface area contributed by atoms with Gasteiger partial charge in [0.2, 0.25) is 10.0 Å². The lowest BCUT2D eigenvalue weighted by Crippen LogP contribution is -2.40. The second kappa shape index (κ2) is 13.8. The van der Waals surface area contributed by atoms with Gasteiger partial charge in [-0.3, -0.25) is 19.9 Å². The van der Waals surface area contributed by atoms with E-state index in [1.807, 2.05) is 4.90 Å². The van der Waals surface area contributed by atoms with E-state index in [0.717, 1.165) is 4.31 Å². The first kappa shape index (κ1) is 31.1. The van der Waals surface area contributed by atoms with Crippen LogP contribution in [-0.4, -0.2) is 80.1 Å². The molecule has 12 nitrogen and oxygen atoms in total. The number of likely N-dealkylation sites (tertiary alicyclic amines) is 1. The summed E-state index contributed by atoms with van der Waals surface area (Å²) in [6, 6.07) is 11.1. The van der Waals surface area contributed by atoms with Crippen molar-refractivity contribution >= 4 is 45.4 Å². The van der Waals surface area contributed by atoms with E-state index in [1.54, 1.807) is 44.2 Å². The molecule has 1 aliphatic heterocycles. The number of hydrogen-bond acceptors (Lipinski definition) is 8. The number of rotatable bonds is 12. The highest BCUT2D eigenvalue weighted by Gasteiger charge is 2.28. The number of piperidine rings is 1. The van der Waals surface area contributed by atoms with Crippen molar-refractivity contribution in [2.75, 3.05) is 36.3 Å². The smallest absolute Gasteiger partial charge is 0.341 e. The molecule has 0 amide bonds. The number of nitrogens with zero attached hydrogens (tertiary/aromatic N) is 2. The van der Waals surface area contributed by atoms with Crippen molar-refractivity contribution in [3.05, 3.63) is 65.2 Å². The SMILES string of the molecule is CCOC(=O)c1cc(N(CC=Cc2cccc(C(=N)N)c2)S(=O)(=O)CC(=O)O)ccc1OC1CCN(C(C)=N)CC1. The standard InChI is InChI=1S/C28H35N5O7S/c1-3-39-28(36)24-17-22(9-10-25(24)40-23-11-14-32(15-12-23)19(2)29)33(41(37,38)18-26(34)35)13-5-7-20-6-4-8-21(16-20)27(30)31/h4-10,16-17,23,29H,3,11-15,18H2,1-2H3,(H3,30,31)(H,34,35). The number of sulfonamides is 1. The number of amidine groups is 2. The predicted octanol–water partition coefficient (Wildman–Crippen LogP) is 2.92. The highest BCUT2D eigenvalue weighted by Crippen LogP contribution is 2.30. The molecule has 1 aliphatic rings. The molecule has 0 spiro atoms. The molecule has 0 aliphatic carbocycles. The lowest BCUT2D eigenvalue weighted by atomic mass is 10.1. The van der Waals surface area contributed by atoms with Crippen LogP contribution >= 0.6 is 0 Å². The maximum atomic E-state index is 13.1. The third-order valence-electron chi connectivity index (χ3n) is 6.38. The zero-order valence-corrected chi connectivity index (χ0v) is 23.8. The van der Waals surface area contributed by atoms with Crippen LogP contribution < -0.4 is 14.8 Å². The van der Waals surface area contributed by atoms with Gasteiger partial charge in [0.1, 0.15) is 23.3 Å². The van der Waals surface area contributed by atoms with E-state index >= 15 is 0 Å². The van der Waals surface area contributed by atoms with Crippen LogP contribution in [0.15, 0.2) is 48.5 Å². The average Bonchev–Trinajstić information content (AvgIpc) is 2.91. The van der Waals surface area contributed by atoms with Crippen LogP contribution in [0.5, 0.6) is 5.75 Å². The largest absolute Gasteiger partial charge is 0.489 e. The molecule has 1 heterocycles. The van der Waals surface area contributed by atoms with Crippen LogP contribution in [0.1, 0.15) is 48.2 Å². The van der Waals surface area contributed by atoms with Crippen molar-refractivity contribution in [3.63, 3.8) is 0 Å². The minimum absolute atomic E-state index is 0.0173. The van der Waals surface area contributed by atoms with Crippen molar-refractivity contribution < 1.29 is 32.6 Å². The second-order valence-electron chi connectivity index (χ2n) is 9.41. The van der Waals surface area contributed by atoms with E-state index in [-0.39, 0.29) is 42.1 Å². The van der Waals surface area contributed by atoms with Crippen molar-refractivity contribution in [1.82, 2.24) is 4.90 Å². The van der Waals surface area contributed by atoms with Crippen molar-refractivity contribution in [3.8, 4) is 5.75 Å². The molecule has 0 atom stereocenters. The van der Waals surface area contributed by atoms with E-state index in [2.05, 4.69) is 0 Å². The van der Waals surface area contributed by atoms with Gasteiger partial charge in [-0.15, -0.1) is 0 Å². The monoisotopic (exact) mass is 585 g/mol. The number of carbonyl (C=O) groups is 2. The number of carboxylic acids is 1. The molecule has 2 aromatic carbocycles. The molecule has 0 aromatic heterocycles. The molecular weight excluding hydrogens is 550 g/mol. The van der Waals surface area contributed by atoms with E-state index in [0.29, 0.717) is 42.9 Å². The van der Waals surface area contributed by atoms with Crippen LogP contribution in [0.25, 0.3) is 6.08 Å². The Morgan fingerprint density at radius 2 is 1.88 bits per heavy atom. The van der Waals surface area contributed by atoms with E-state index in [1.165, 1.54) is 24.3 Å². The molecule has 0 bridgehead atoms. The Kier molecular flexibility index (Phi) is 10.5. The van der Waals surface area contributed by atoms with Crippen LogP contribution in [0, 0.1) is 10.8 Å². The predicted molar refractivity (Wildman–Crippen MR) is 156 cm³/mol. The normalized spacial score (nSPS) is 14.0. The summed E-state index contributed by atoms with van der Waals surface area (Å²) in [6.45, 7) is 4.49. The fourth-order valence-electron chi connectivity index (χ4n) is 4.34. The Hall–Kier alpha value is -4.39. The zero-order valence-electron chi connectivity index (χ0n) is 23.0. The number of esters is 1. The highest BCUT2D eigenvalue weighted by atomic mass is 32.2. The molecular formula is C28H35N5O7S. The van der Waals surface area contributed by atoms with Gasteiger partial charge >= 0.3 is 11.9 Å². The molecule has 13 heteroatoms. The minimum Gasteiger partial charge on any atom is -0.489 e. The molecule has 0 saturated carbocycles. The summed E-state index contributed by atoms with van der Waals surface area (Å²) < 4.78 is 38.5. The minimum atomic E-state index is -4.35. The molecule has 1 fully saturated rings. The average molecular weight is 586 g/mol. The number of nitrogen functional groups attached to an aromatic ring is 1. The summed E-state index contributed by atoms with van der Waals surface area (Å²) in [5.41, 5.74) is 6.79. The zero-order chi connectivity index (χ0) is 30.2. The van der Waals surface area contributed by atoms with Gasteiger partial charge in [0.15, 0.2) is 5.75 Å². The maximum Gasteiger partial charge on any atom is 0.341 e. The Balaban J connectivity index is 1.94. The third-order valence-corrected chi connectivity index (χ3v) is 8.02. The Bertz CT molecular complexity index is 1430. The number of ether oxygens (including phenoxy) is 2. The maximum absolute atomic E-state index is 13.1. The van der Waals surface area contributed by atoms with Gasteiger partial charge in [-0.05, 0) is 43.7 Å². The van der Waals surface area contributed by atoms with Gasteiger partial charge < -0.3 is 25.2 Å². The van der Waals surface area contributed by atoms with Crippen molar-refractivity contribution in [2.45, 2.75) is 32.8 Å². The summed E-state index contributed by atoms with van der Waals surface area (Å²) in [6.07, 6.45) is 4.21. The molecule has 41 heavy (non-hydrogen) atoms. The van der Waals surface area contributed by atoms with Gasteiger partial charge in [-0.2, -0.15) is 0 Å². The van der Waals surface area contributed by atoms with Crippen molar-refractivity contribution in [2.24, 2.45) is 5.73 Å². The second-order valence-corrected chi connectivity index (χ2v) is 11.3. The van der Waals surface area contributed by atoms with Gasteiger partial charge in [0.25, 0.3) is 0 Å². The number of benzene rings is 2. The van der Waals surface area contributed by atoms with Gasteiger partial charge in [-0.25, -0.2) is 13.2 Å². The van der Waals surface area contributed by atoms with E-state index in [4.69, 9.17) is 26.0 Å². The number of carbonyl (C=O) groups excluding carboxylic acids is 1. The highest BCUT2D eigenvalue weighted by molar-refractivity contribution is 7.93. The quantitative estimate of drug-likeness (QED) is 0.165. The molecule has 5 N–H and O–H groups in total. The Morgan fingerprint density at radius 1 is 1.17 bits per heavy atom. The summed E-state index contributed by atoms with van der Waals surface area (Å²) in [7, 11) is -4.35. The molecule has 220 valence electrons. The lowest BCUT2D eigenvalue weighted by Gasteiger charge is -2.33. The summed E-state index contributed by atoms with van der Waals surface area (Å²) >= 11 is 0. The summed E-state index contributed by atoms with van der Waals surface area (Å²) in [5.74, 6) is -2.80. The van der Waals surface area contributed by atoms with Gasteiger partial charge in [0, 0.05) is 31.5 Å². The fourth-order valence-corrected chi connectivity index (χ4v) is 5.56. The molecule has 0 radical (unpaired) electrons. The Labute approximate surface area is 239 Å². The third kappa shape index (κ3) is 8.55. The summed E-state index contributed by atoms with van der Waals surface area (Å²) in [4.78, 5) is 26.2. The number of nitrogens with two attached hydrogens (primary N) is 1. The van der Waals surface area contributed by atoms with Crippen LogP contribution in [0.2, 0.25) is 0 Å². The number of hydrogen-bond donors (Lipinski definition) is 4.